The number of aromatic nitrogens is 3. The zero-order valence-corrected chi connectivity index (χ0v) is 15.0. The molecule has 2 aliphatic rings. The van der Waals surface area contributed by atoms with Crippen molar-refractivity contribution in [2.45, 2.75) is 57.5 Å². The number of rotatable bonds is 5. The molecule has 1 aromatic heterocycles. The molecule has 1 aliphatic carbocycles. The van der Waals surface area contributed by atoms with Gasteiger partial charge in [-0.2, -0.15) is 5.10 Å². The van der Waals surface area contributed by atoms with Crippen LogP contribution in [-0.2, 0) is 30.2 Å². The number of carbonyl (C=O) groups is 2. The summed E-state index contributed by atoms with van der Waals surface area (Å²) in [6.07, 6.45) is 6.43. The summed E-state index contributed by atoms with van der Waals surface area (Å²) < 4.78 is 2.73. The first-order chi connectivity index (χ1) is 12.0. The topological polar surface area (TPSA) is 89.2 Å². The lowest BCUT2D eigenvalue weighted by atomic mass is 9.83. The minimum atomic E-state index is -0.462. The van der Waals surface area contributed by atoms with Gasteiger partial charge in [0.15, 0.2) is 5.82 Å². The lowest BCUT2D eigenvalue weighted by molar-refractivity contribution is -0.136. The molecule has 0 aromatic carbocycles. The standard InChI is InChI=1S/C17H27N5O3/c1-20-14(19-21(2)17(20)25)11-22-9-4-3-8-13(16(22)24)18-15(23)10-12-6-5-7-12/h12-13H,3-11H2,1-2H3,(H,18,23). The predicted molar refractivity (Wildman–Crippen MR) is 91.6 cm³/mol. The Bertz CT molecular complexity index is 704. The molecule has 1 unspecified atom stereocenters. The molecule has 138 valence electrons. The minimum Gasteiger partial charge on any atom is -0.344 e. The predicted octanol–water partition coefficient (Wildman–Crippen LogP) is 0.306. The summed E-state index contributed by atoms with van der Waals surface area (Å²) in [6, 6.07) is -0.462. The molecular weight excluding hydrogens is 322 g/mol. The number of nitrogens with one attached hydrogen (secondary N) is 1. The van der Waals surface area contributed by atoms with Gasteiger partial charge in [-0.15, -0.1) is 0 Å². The van der Waals surface area contributed by atoms with E-state index >= 15 is 0 Å². The molecule has 1 saturated heterocycles. The van der Waals surface area contributed by atoms with Crippen molar-refractivity contribution in [1.82, 2.24) is 24.6 Å². The summed E-state index contributed by atoms with van der Waals surface area (Å²) in [6.45, 7) is 0.916. The van der Waals surface area contributed by atoms with Crippen LogP contribution in [0.15, 0.2) is 4.79 Å². The van der Waals surface area contributed by atoms with Gasteiger partial charge in [0.05, 0.1) is 6.54 Å². The number of carbonyl (C=O) groups excluding carboxylic acids is 2. The Morgan fingerprint density at radius 3 is 2.52 bits per heavy atom. The van der Waals surface area contributed by atoms with Crippen molar-refractivity contribution in [3.63, 3.8) is 0 Å². The largest absolute Gasteiger partial charge is 0.345 e. The van der Waals surface area contributed by atoms with Crippen molar-refractivity contribution in [2.24, 2.45) is 20.0 Å². The van der Waals surface area contributed by atoms with Crippen molar-refractivity contribution in [1.29, 1.82) is 0 Å². The summed E-state index contributed by atoms with van der Waals surface area (Å²) in [7, 11) is 3.25. The maximum atomic E-state index is 12.8. The summed E-state index contributed by atoms with van der Waals surface area (Å²) >= 11 is 0. The molecule has 8 heteroatoms. The van der Waals surface area contributed by atoms with Crippen LogP contribution in [0.2, 0.25) is 0 Å². The van der Waals surface area contributed by atoms with E-state index in [1.165, 1.54) is 15.7 Å². The van der Waals surface area contributed by atoms with Gasteiger partial charge in [0.1, 0.15) is 6.04 Å². The van der Waals surface area contributed by atoms with E-state index in [2.05, 4.69) is 10.4 Å². The van der Waals surface area contributed by atoms with E-state index < -0.39 is 6.04 Å². The maximum Gasteiger partial charge on any atom is 0.345 e. The number of hydrogen-bond donors (Lipinski definition) is 1. The Kier molecular flexibility index (Phi) is 5.24. The van der Waals surface area contributed by atoms with Crippen LogP contribution in [0.3, 0.4) is 0 Å². The van der Waals surface area contributed by atoms with Gasteiger partial charge in [-0.1, -0.05) is 6.42 Å². The summed E-state index contributed by atoms with van der Waals surface area (Å²) in [5, 5.41) is 7.13. The molecule has 1 aromatic rings. The normalized spacial score (nSPS) is 21.8. The van der Waals surface area contributed by atoms with Crippen molar-refractivity contribution in [3.8, 4) is 0 Å². The summed E-state index contributed by atoms with van der Waals surface area (Å²) in [5.41, 5.74) is -0.206. The van der Waals surface area contributed by atoms with E-state index in [0.717, 1.165) is 25.7 Å². The molecule has 0 spiro atoms. The van der Waals surface area contributed by atoms with Crippen molar-refractivity contribution in [3.05, 3.63) is 16.3 Å². The number of amides is 2. The van der Waals surface area contributed by atoms with Crippen LogP contribution in [0.1, 0.15) is 50.8 Å². The molecule has 25 heavy (non-hydrogen) atoms. The van der Waals surface area contributed by atoms with Crippen LogP contribution >= 0.6 is 0 Å². The lowest BCUT2D eigenvalue weighted by Crippen LogP contribution is -2.47. The van der Waals surface area contributed by atoms with Crippen LogP contribution < -0.4 is 11.0 Å². The fourth-order valence-electron chi connectivity index (χ4n) is 3.53. The SMILES string of the molecule is Cn1nc(CN2CCCCC(NC(=O)CC3CCC3)C2=O)n(C)c1=O. The minimum absolute atomic E-state index is 0.0184. The van der Waals surface area contributed by atoms with Gasteiger partial charge in [0, 0.05) is 27.1 Å². The third-order valence-electron chi connectivity index (χ3n) is 5.36. The first-order valence-corrected chi connectivity index (χ1v) is 9.12. The third-order valence-corrected chi connectivity index (χ3v) is 5.36. The number of nitrogens with zero attached hydrogens (tertiary/aromatic N) is 4. The highest BCUT2D eigenvalue weighted by Gasteiger charge is 2.30. The van der Waals surface area contributed by atoms with E-state index in [-0.39, 0.29) is 17.5 Å². The molecule has 1 atom stereocenters. The smallest absolute Gasteiger partial charge is 0.344 e. The van der Waals surface area contributed by atoms with Gasteiger partial charge in [-0.05, 0) is 38.0 Å². The number of hydrogen-bond acceptors (Lipinski definition) is 4. The average Bonchev–Trinajstić information content (AvgIpc) is 2.69. The van der Waals surface area contributed by atoms with Gasteiger partial charge in [0.2, 0.25) is 11.8 Å². The first-order valence-electron chi connectivity index (χ1n) is 9.12. The molecule has 0 radical (unpaired) electrons. The third kappa shape index (κ3) is 3.93. The second-order valence-electron chi connectivity index (χ2n) is 7.26. The average molecular weight is 349 g/mol. The zero-order valence-electron chi connectivity index (χ0n) is 15.0. The number of likely N-dealkylation sites (tertiary alicyclic amines) is 1. The summed E-state index contributed by atoms with van der Waals surface area (Å²) in [5.74, 6) is 0.954. The molecule has 2 fully saturated rings. The maximum absolute atomic E-state index is 12.8. The van der Waals surface area contributed by atoms with E-state index in [1.807, 2.05) is 0 Å². The Balaban J connectivity index is 1.65. The molecule has 1 aliphatic heterocycles. The van der Waals surface area contributed by atoms with Gasteiger partial charge in [-0.25, -0.2) is 9.48 Å². The lowest BCUT2D eigenvalue weighted by Gasteiger charge is -2.27. The van der Waals surface area contributed by atoms with Gasteiger partial charge >= 0.3 is 5.69 Å². The van der Waals surface area contributed by atoms with Gasteiger partial charge < -0.3 is 10.2 Å². The highest BCUT2D eigenvalue weighted by molar-refractivity contribution is 5.87. The molecule has 2 amide bonds. The fourth-order valence-corrected chi connectivity index (χ4v) is 3.53. The fraction of sp³-hybridized carbons (Fsp3) is 0.765. The Morgan fingerprint density at radius 1 is 1.16 bits per heavy atom. The Hall–Kier alpha value is -2.12. The van der Waals surface area contributed by atoms with E-state index in [0.29, 0.717) is 37.7 Å². The van der Waals surface area contributed by atoms with Crippen LogP contribution in [0.5, 0.6) is 0 Å². The van der Waals surface area contributed by atoms with Crippen LogP contribution in [0.25, 0.3) is 0 Å². The van der Waals surface area contributed by atoms with Gasteiger partial charge in [-0.3, -0.25) is 14.2 Å². The monoisotopic (exact) mass is 349 g/mol. The van der Waals surface area contributed by atoms with E-state index in [4.69, 9.17) is 0 Å². The van der Waals surface area contributed by atoms with Crippen LogP contribution in [-0.4, -0.2) is 43.6 Å². The van der Waals surface area contributed by atoms with Crippen LogP contribution in [0, 0.1) is 5.92 Å². The molecule has 1 saturated carbocycles. The Morgan fingerprint density at radius 2 is 1.92 bits per heavy atom. The molecule has 0 bridgehead atoms. The molecule has 8 nitrogen and oxygen atoms in total. The summed E-state index contributed by atoms with van der Waals surface area (Å²) in [4.78, 5) is 38.6. The first kappa shape index (κ1) is 17.7. The Labute approximate surface area is 147 Å². The van der Waals surface area contributed by atoms with E-state index in [1.54, 1.807) is 19.0 Å². The van der Waals surface area contributed by atoms with Gasteiger partial charge in [0.25, 0.3) is 0 Å². The number of aryl methyl sites for hydroxylation is 1. The second-order valence-corrected chi connectivity index (χ2v) is 7.26. The molecule has 1 N–H and O–H groups in total. The van der Waals surface area contributed by atoms with Crippen molar-refractivity contribution < 1.29 is 9.59 Å². The highest BCUT2D eigenvalue weighted by Crippen LogP contribution is 2.29. The molecular formula is C17H27N5O3. The zero-order chi connectivity index (χ0) is 18.0. The van der Waals surface area contributed by atoms with Crippen LogP contribution in [0.4, 0.5) is 0 Å². The highest BCUT2D eigenvalue weighted by atomic mass is 16.2. The molecule has 2 heterocycles. The second kappa shape index (κ2) is 7.41. The van der Waals surface area contributed by atoms with Crippen molar-refractivity contribution in [2.75, 3.05) is 6.54 Å². The van der Waals surface area contributed by atoms with E-state index in [9.17, 15) is 14.4 Å². The molecule has 3 rings (SSSR count). The van der Waals surface area contributed by atoms with Crippen molar-refractivity contribution >= 4 is 11.8 Å². The quantitative estimate of drug-likeness (QED) is 0.828.